The van der Waals surface area contributed by atoms with Crippen LogP contribution in [-0.2, 0) is 24.2 Å². The fourth-order valence-corrected chi connectivity index (χ4v) is 6.41. The summed E-state index contributed by atoms with van der Waals surface area (Å²) in [6.07, 6.45) is 7.24. The third kappa shape index (κ3) is 3.47. The monoisotopic (exact) mass is 447 g/mol. The summed E-state index contributed by atoms with van der Waals surface area (Å²) in [6, 6.07) is 6.29. The topological polar surface area (TPSA) is 90.7 Å². The van der Waals surface area contributed by atoms with Gasteiger partial charge in [-0.05, 0) is 60.9 Å². The van der Waals surface area contributed by atoms with Gasteiger partial charge in [-0.25, -0.2) is 9.97 Å². The van der Waals surface area contributed by atoms with Crippen LogP contribution in [0.4, 0.5) is 11.5 Å². The molecule has 6 rings (SSSR count). The van der Waals surface area contributed by atoms with Gasteiger partial charge in [0, 0.05) is 35.8 Å². The molecule has 1 saturated heterocycles. The molecule has 2 N–H and O–H groups in total. The zero-order valence-electron chi connectivity index (χ0n) is 17.8. The Balaban J connectivity index is 1.27. The number of piperidine rings is 1. The first-order valence-corrected chi connectivity index (χ1v) is 12.1. The first kappa shape index (κ1) is 19.8. The number of aryl methyl sites for hydroxylation is 1. The molecule has 0 spiro atoms. The van der Waals surface area contributed by atoms with E-state index in [0.717, 1.165) is 72.5 Å². The number of fused-ring (bicyclic) bond motifs is 4. The number of hydrogen-bond acceptors (Lipinski definition) is 7. The van der Waals surface area contributed by atoms with Gasteiger partial charge in [0.05, 0.1) is 18.0 Å². The van der Waals surface area contributed by atoms with Crippen LogP contribution in [0.1, 0.15) is 40.8 Å². The summed E-state index contributed by atoms with van der Waals surface area (Å²) >= 11 is 1.68. The highest BCUT2D eigenvalue weighted by molar-refractivity contribution is 7.19. The lowest BCUT2D eigenvalue weighted by molar-refractivity contribution is -0.138. The van der Waals surface area contributed by atoms with Crippen LogP contribution in [0.15, 0.2) is 29.5 Å². The van der Waals surface area contributed by atoms with Crippen LogP contribution in [0.5, 0.6) is 0 Å². The highest BCUT2D eigenvalue weighted by Gasteiger charge is 2.33. The number of thiophene rings is 1. The molecule has 1 fully saturated rings. The van der Waals surface area contributed by atoms with Crippen molar-refractivity contribution >= 4 is 45.2 Å². The number of likely N-dealkylation sites (tertiary alicyclic amines) is 1. The van der Waals surface area contributed by atoms with E-state index in [1.165, 1.54) is 16.0 Å². The summed E-state index contributed by atoms with van der Waals surface area (Å²) < 4.78 is 0. The van der Waals surface area contributed by atoms with Crippen molar-refractivity contribution in [3.05, 3.63) is 46.1 Å². The number of benzene rings is 1. The first-order valence-electron chi connectivity index (χ1n) is 11.3. The summed E-state index contributed by atoms with van der Waals surface area (Å²) in [4.78, 5) is 30.6. The standard InChI is InChI=1S/C24H25N5O2S/c30-18-2-1-7-29(12-18)24(31)14-4-6-19-20(9-14)32-23-21(19)22(26-13-27-23)28-17-5-3-15-10-25-11-16(15)8-17/h3,5,8,11,13-14,18,30H,1-2,4,6-7,9-10,12H2,(H,26,27,28). The Labute approximate surface area is 190 Å². The van der Waals surface area contributed by atoms with E-state index in [2.05, 4.69) is 38.5 Å². The second-order valence-corrected chi connectivity index (χ2v) is 10.0. The average Bonchev–Trinajstić information content (AvgIpc) is 3.42. The normalized spacial score (nSPS) is 22.1. The maximum Gasteiger partial charge on any atom is 0.226 e. The molecule has 2 unspecified atom stereocenters. The highest BCUT2D eigenvalue weighted by Crippen LogP contribution is 2.41. The molecule has 8 heteroatoms. The number of aliphatic hydroxyl groups excluding tert-OH is 1. The van der Waals surface area contributed by atoms with Gasteiger partial charge in [-0.1, -0.05) is 6.07 Å². The van der Waals surface area contributed by atoms with Gasteiger partial charge in [0.25, 0.3) is 0 Å². The average molecular weight is 448 g/mol. The van der Waals surface area contributed by atoms with Crippen LogP contribution in [0.25, 0.3) is 10.2 Å². The summed E-state index contributed by atoms with van der Waals surface area (Å²) in [5, 5.41) is 14.5. The smallest absolute Gasteiger partial charge is 0.226 e. The van der Waals surface area contributed by atoms with Crippen LogP contribution in [-0.4, -0.2) is 51.3 Å². The predicted molar refractivity (Wildman–Crippen MR) is 126 cm³/mol. The molecule has 3 aromatic rings. The molecule has 1 amide bonds. The van der Waals surface area contributed by atoms with Crippen molar-refractivity contribution in [1.29, 1.82) is 0 Å². The highest BCUT2D eigenvalue weighted by atomic mass is 32.1. The second kappa shape index (κ2) is 7.94. The maximum atomic E-state index is 13.1. The Morgan fingerprint density at radius 1 is 1.25 bits per heavy atom. The zero-order valence-corrected chi connectivity index (χ0v) is 18.6. The fraction of sp³-hybridized carbons (Fsp3) is 0.417. The van der Waals surface area contributed by atoms with Crippen molar-refractivity contribution in [1.82, 2.24) is 14.9 Å². The molecular formula is C24H25N5O2S. The number of anilines is 2. The van der Waals surface area contributed by atoms with Crippen molar-refractivity contribution in [2.24, 2.45) is 10.9 Å². The molecule has 0 saturated carbocycles. The summed E-state index contributed by atoms with van der Waals surface area (Å²) in [6.45, 7) is 1.98. The van der Waals surface area contributed by atoms with Gasteiger partial charge in [-0.15, -0.1) is 11.3 Å². The SMILES string of the molecule is O=C(C1CCc2c(sc3ncnc(Nc4ccc5c(c4)C=NC5)c23)C1)N1CCCC(O)C1. The summed E-state index contributed by atoms with van der Waals surface area (Å²) in [7, 11) is 0. The minimum Gasteiger partial charge on any atom is -0.391 e. The lowest BCUT2D eigenvalue weighted by atomic mass is 9.86. The number of aromatic nitrogens is 2. The number of aliphatic hydroxyl groups is 1. The van der Waals surface area contributed by atoms with Gasteiger partial charge in [-0.3, -0.25) is 9.79 Å². The van der Waals surface area contributed by atoms with Crippen LogP contribution >= 0.6 is 11.3 Å². The van der Waals surface area contributed by atoms with Crippen LogP contribution in [0.2, 0.25) is 0 Å². The molecule has 0 radical (unpaired) electrons. The third-order valence-corrected chi connectivity index (χ3v) is 7.97. The lowest BCUT2D eigenvalue weighted by Crippen LogP contribution is -2.45. The number of aliphatic imine (C=N–C) groups is 1. The molecule has 7 nitrogen and oxygen atoms in total. The van der Waals surface area contributed by atoms with Gasteiger partial charge >= 0.3 is 0 Å². The molecule has 164 valence electrons. The van der Waals surface area contributed by atoms with Crippen molar-refractivity contribution in [3.8, 4) is 0 Å². The van der Waals surface area contributed by atoms with Gasteiger partial charge in [0.2, 0.25) is 5.91 Å². The Morgan fingerprint density at radius 3 is 3.09 bits per heavy atom. The Bertz CT molecular complexity index is 1240. The number of nitrogens with one attached hydrogen (secondary N) is 1. The number of nitrogens with zero attached hydrogens (tertiary/aromatic N) is 4. The number of carbonyl (C=O) groups is 1. The second-order valence-electron chi connectivity index (χ2n) is 8.93. The van der Waals surface area contributed by atoms with Crippen LogP contribution in [0.3, 0.4) is 0 Å². The molecule has 3 aliphatic rings. The Kier molecular flexibility index (Phi) is 4.91. The van der Waals surface area contributed by atoms with Gasteiger partial charge in [0.1, 0.15) is 17.0 Å². The van der Waals surface area contributed by atoms with Crippen LogP contribution in [0, 0.1) is 5.92 Å². The van der Waals surface area contributed by atoms with E-state index in [-0.39, 0.29) is 17.9 Å². The fourth-order valence-electron chi connectivity index (χ4n) is 5.14. The van der Waals surface area contributed by atoms with E-state index < -0.39 is 0 Å². The van der Waals surface area contributed by atoms with E-state index >= 15 is 0 Å². The first-order chi connectivity index (χ1) is 15.7. The number of hydrogen-bond donors (Lipinski definition) is 2. The Morgan fingerprint density at radius 2 is 2.19 bits per heavy atom. The van der Waals surface area contributed by atoms with Crippen molar-refractivity contribution in [2.45, 2.75) is 44.8 Å². The summed E-state index contributed by atoms with van der Waals surface area (Å²) in [5.74, 6) is 1.00. The summed E-state index contributed by atoms with van der Waals surface area (Å²) in [5.41, 5.74) is 4.66. The van der Waals surface area contributed by atoms with Crippen molar-refractivity contribution < 1.29 is 9.90 Å². The van der Waals surface area contributed by atoms with E-state index in [4.69, 9.17) is 0 Å². The van der Waals surface area contributed by atoms with E-state index in [1.807, 2.05) is 11.1 Å². The predicted octanol–water partition coefficient (Wildman–Crippen LogP) is 3.46. The lowest BCUT2D eigenvalue weighted by Gasteiger charge is -2.34. The van der Waals surface area contributed by atoms with E-state index in [1.54, 1.807) is 17.7 Å². The Hall–Kier alpha value is -2.84. The number of amides is 1. The molecular weight excluding hydrogens is 422 g/mol. The molecule has 0 bridgehead atoms. The minimum absolute atomic E-state index is 0.0128. The maximum absolute atomic E-state index is 13.1. The number of rotatable bonds is 3. The van der Waals surface area contributed by atoms with Gasteiger partial charge in [0.15, 0.2) is 0 Å². The zero-order chi connectivity index (χ0) is 21.7. The van der Waals surface area contributed by atoms with Gasteiger partial charge in [-0.2, -0.15) is 0 Å². The molecule has 1 aromatic carbocycles. The largest absolute Gasteiger partial charge is 0.391 e. The molecule has 4 heterocycles. The molecule has 2 aromatic heterocycles. The number of carbonyl (C=O) groups excluding carboxylic acids is 1. The van der Waals surface area contributed by atoms with Crippen molar-refractivity contribution in [2.75, 3.05) is 18.4 Å². The minimum atomic E-state index is -0.384. The quantitative estimate of drug-likeness (QED) is 0.642. The van der Waals surface area contributed by atoms with Crippen molar-refractivity contribution in [3.63, 3.8) is 0 Å². The molecule has 2 atom stereocenters. The molecule has 2 aliphatic heterocycles. The molecule has 1 aliphatic carbocycles. The van der Waals surface area contributed by atoms with Gasteiger partial charge < -0.3 is 15.3 Å². The third-order valence-electron chi connectivity index (χ3n) is 6.80. The number of β-amino-alcohol motifs (C(OH)–C–C–N with tert-alkyl or cyclic N) is 1. The van der Waals surface area contributed by atoms with Crippen LogP contribution < -0.4 is 5.32 Å². The van der Waals surface area contributed by atoms with E-state index in [9.17, 15) is 9.90 Å². The van der Waals surface area contributed by atoms with E-state index in [0.29, 0.717) is 6.54 Å². The molecule has 32 heavy (non-hydrogen) atoms.